The molecular weight excluding hydrogens is 273 g/mol. The number of carboxylic acid groups (broad SMARTS) is 1. The Bertz CT molecular complexity index is 479. The van der Waals surface area contributed by atoms with E-state index in [1.54, 1.807) is 32.0 Å². The Morgan fingerprint density at radius 1 is 1.48 bits per heavy atom. The van der Waals surface area contributed by atoms with E-state index in [0.717, 1.165) is 6.42 Å². The lowest BCUT2D eigenvalue weighted by atomic mass is 9.96. The zero-order chi connectivity index (χ0) is 15.9. The van der Waals surface area contributed by atoms with Crippen LogP contribution in [0.2, 0.25) is 0 Å². The van der Waals surface area contributed by atoms with Crippen LogP contribution in [0.15, 0.2) is 18.2 Å². The molecule has 0 aliphatic heterocycles. The molecule has 0 fully saturated rings. The summed E-state index contributed by atoms with van der Waals surface area (Å²) in [4.78, 5) is 11.3. The molecular formula is C16H24FNO3. The molecule has 0 amide bonds. The average molecular weight is 297 g/mol. The summed E-state index contributed by atoms with van der Waals surface area (Å²) < 4.78 is 19.1. The molecule has 0 bridgehead atoms. The maximum absolute atomic E-state index is 13.7. The van der Waals surface area contributed by atoms with Crippen LogP contribution in [-0.2, 0) is 4.79 Å². The van der Waals surface area contributed by atoms with Crippen molar-refractivity contribution in [2.24, 2.45) is 0 Å². The number of hydrogen-bond acceptors (Lipinski definition) is 3. The van der Waals surface area contributed by atoms with Gasteiger partial charge in [0.1, 0.15) is 5.54 Å². The number of carbonyl (C=O) groups is 1. The molecule has 0 heterocycles. The maximum Gasteiger partial charge on any atom is 0.323 e. The van der Waals surface area contributed by atoms with Crippen molar-refractivity contribution in [2.45, 2.75) is 45.6 Å². The van der Waals surface area contributed by atoms with Crippen molar-refractivity contribution in [1.82, 2.24) is 5.32 Å². The fraction of sp³-hybridized carbons (Fsp3) is 0.562. The van der Waals surface area contributed by atoms with Gasteiger partial charge < -0.3 is 15.2 Å². The minimum Gasteiger partial charge on any atom is -0.491 e. The van der Waals surface area contributed by atoms with Gasteiger partial charge in [0.05, 0.1) is 6.61 Å². The summed E-state index contributed by atoms with van der Waals surface area (Å²) in [5, 5.41) is 12.3. The van der Waals surface area contributed by atoms with Crippen molar-refractivity contribution in [2.75, 3.05) is 13.2 Å². The van der Waals surface area contributed by atoms with Crippen molar-refractivity contribution in [3.8, 4) is 5.75 Å². The molecule has 0 spiro atoms. The molecule has 5 heteroatoms. The van der Waals surface area contributed by atoms with Crippen LogP contribution in [0.3, 0.4) is 0 Å². The van der Waals surface area contributed by atoms with E-state index < -0.39 is 11.5 Å². The van der Waals surface area contributed by atoms with Gasteiger partial charge >= 0.3 is 5.97 Å². The van der Waals surface area contributed by atoms with Gasteiger partial charge in [-0.2, -0.15) is 0 Å². The van der Waals surface area contributed by atoms with E-state index in [0.29, 0.717) is 24.9 Å². The number of hydrogen-bond donors (Lipinski definition) is 2. The Hall–Kier alpha value is -1.62. The summed E-state index contributed by atoms with van der Waals surface area (Å²) in [6.07, 6.45) is 1.83. The average Bonchev–Trinajstić information content (AvgIpc) is 2.45. The summed E-state index contributed by atoms with van der Waals surface area (Å²) in [6, 6.07) is 4.99. The maximum atomic E-state index is 13.7. The predicted octanol–water partition coefficient (Wildman–Crippen LogP) is 3.14. The molecule has 2 N–H and O–H groups in total. The van der Waals surface area contributed by atoms with Crippen LogP contribution >= 0.6 is 0 Å². The van der Waals surface area contributed by atoms with Crippen molar-refractivity contribution < 1.29 is 19.0 Å². The van der Waals surface area contributed by atoms with E-state index in [2.05, 4.69) is 5.32 Å². The van der Waals surface area contributed by atoms with Gasteiger partial charge in [-0.15, -0.1) is 0 Å². The fourth-order valence-corrected chi connectivity index (χ4v) is 2.01. The Morgan fingerprint density at radius 2 is 2.19 bits per heavy atom. The van der Waals surface area contributed by atoms with Gasteiger partial charge in [0.15, 0.2) is 11.6 Å². The second kappa shape index (κ2) is 7.98. The SMILES string of the molecule is CCCNC(C)(CCCOc1cccc(C)c1F)C(=O)O. The van der Waals surface area contributed by atoms with Gasteiger partial charge in [-0.3, -0.25) is 4.79 Å². The van der Waals surface area contributed by atoms with Gasteiger partial charge in [0, 0.05) is 0 Å². The second-order valence-electron chi connectivity index (χ2n) is 5.40. The Kier molecular flexibility index (Phi) is 6.62. The van der Waals surface area contributed by atoms with E-state index >= 15 is 0 Å². The molecule has 0 saturated carbocycles. The largest absolute Gasteiger partial charge is 0.491 e. The van der Waals surface area contributed by atoms with E-state index in [1.807, 2.05) is 6.92 Å². The molecule has 21 heavy (non-hydrogen) atoms. The molecule has 1 aromatic carbocycles. The lowest BCUT2D eigenvalue weighted by Crippen LogP contribution is -2.49. The van der Waals surface area contributed by atoms with Crippen LogP contribution in [0.25, 0.3) is 0 Å². The van der Waals surface area contributed by atoms with Crippen molar-refractivity contribution in [3.63, 3.8) is 0 Å². The smallest absolute Gasteiger partial charge is 0.323 e. The summed E-state index contributed by atoms with van der Waals surface area (Å²) in [5.41, 5.74) is -0.433. The van der Waals surface area contributed by atoms with Crippen LogP contribution in [0.5, 0.6) is 5.75 Å². The molecule has 1 rings (SSSR count). The summed E-state index contributed by atoms with van der Waals surface area (Å²) in [6.45, 7) is 6.27. The number of ether oxygens (including phenoxy) is 1. The number of carboxylic acids is 1. The van der Waals surface area contributed by atoms with E-state index in [9.17, 15) is 14.3 Å². The third-order valence-electron chi connectivity index (χ3n) is 3.47. The Morgan fingerprint density at radius 3 is 2.81 bits per heavy atom. The predicted molar refractivity (Wildman–Crippen MR) is 80.2 cm³/mol. The number of aryl methyl sites for hydroxylation is 1. The number of nitrogens with one attached hydrogen (secondary N) is 1. The molecule has 1 unspecified atom stereocenters. The van der Waals surface area contributed by atoms with Crippen LogP contribution < -0.4 is 10.1 Å². The summed E-state index contributed by atoms with van der Waals surface area (Å²) >= 11 is 0. The zero-order valence-corrected chi connectivity index (χ0v) is 12.9. The van der Waals surface area contributed by atoms with Crippen LogP contribution in [-0.4, -0.2) is 29.8 Å². The molecule has 0 aliphatic rings. The van der Waals surface area contributed by atoms with Crippen molar-refractivity contribution in [3.05, 3.63) is 29.6 Å². The second-order valence-corrected chi connectivity index (χ2v) is 5.40. The van der Waals surface area contributed by atoms with Crippen LogP contribution in [0.4, 0.5) is 4.39 Å². The highest BCUT2D eigenvalue weighted by atomic mass is 19.1. The highest BCUT2D eigenvalue weighted by molar-refractivity contribution is 5.78. The van der Waals surface area contributed by atoms with Gasteiger partial charge in [0.25, 0.3) is 0 Å². The first-order valence-electron chi connectivity index (χ1n) is 7.27. The van der Waals surface area contributed by atoms with Crippen LogP contribution in [0, 0.1) is 12.7 Å². The van der Waals surface area contributed by atoms with Crippen molar-refractivity contribution >= 4 is 5.97 Å². The number of aliphatic carboxylic acids is 1. The molecule has 0 radical (unpaired) electrons. The molecule has 0 aliphatic carbocycles. The topological polar surface area (TPSA) is 58.6 Å². The molecule has 4 nitrogen and oxygen atoms in total. The first kappa shape index (κ1) is 17.4. The normalized spacial score (nSPS) is 13.7. The summed E-state index contributed by atoms with van der Waals surface area (Å²) in [5.74, 6) is -1.02. The number of halogens is 1. The fourth-order valence-electron chi connectivity index (χ4n) is 2.01. The highest BCUT2D eigenvalue weighted by Gasteiger charge is 2.31. The van der Waals surface area contributed by atoms with E-state index in [1.165, 1.54) is 0 Å². The molecule has 1 atom stereocenters. The minimum absolute atomic E-state index is 0.216. The van der Waals surface area contributed by atoms with Gasteiger partial charge in [-0.25, -0.2) is 4.39 Å². The lowest BCUT2D eigenvalue weighted by molar-refractivity contribution is -0.144. The lowest BCUT2D eigenvalue weighted by Gasteiger charge is -2.26. The minimum atomic E-state index is -0.968. The first-order chi connectivity index (χ1) is 9.90. The molecule has 0 saturated heterocycles. The highest BCUT2D eigenvalue weighted by Crippen LogP contribution is 2.20. The van der Waals surface area contributed by atoms with Gasteiger partial charge in [0.2, 0.25) is 0 Å². The van der Waals surface area contributed by atoms with Crippen molar-refractivity contribution in [1.29, 1.82) is 0 Å². The third-order valence-corrected chi connectivity index (χ3v) is 3.47. The molecule has 0 aromatic heterocycles. The number of rotatable bonds is 9. The first-order valence-corrected chi connectivity index (χ1v) is 7.27. The quantitative estimate of drug-likeness (QED) is 0.688. The molecule has 118 valence electrons. The van der Waals surface area contributed by atoms with E-state index in [-0.39, 0.29) is 18.2 Å². The third kappa shape index (κ3) is 5.01. The zero-order valence-electron chi connectivity index (χ0n) is 12.9. The Balaban J connectivity index is 2.48. The standard InChI is InChI=1S/C16H24FNO3/c1-4-10-18-16(3,15(19)20)9-6-11-21-13-8-5-7-12(2)14(13)17/h5,7-8,18H,4,6,9-11H2,1-3H3,(H,19,20). The Labute approximate surface area is 125 Å². The van der Waals surface area contributed by atoms with Crippen LogP contribution in [0.1, 0.15) is 38.7 Å². The van der Waals surface area contributed by atoms with Gasteiger partial charge in [-0.05, 0) is 51.3 Å². The van der Waals surface area contributed by atoms with Gasteiger partial charge in [-0.1, -0.05) is 19.1 Å². The summed E-state index contributed by atoms with van der Waals surface area (Å²) in [7, 11) is 0. The number of benzene rings is 1. The molecule has 1 aromatic rings. The monoisotopic (exact) mass is 297 g/mol. The van der Waals surface area contributed by atoms with E-state index in [4.69, 9.17) is 4.74 Å².